The molecule has 62 heavy (non-hydrogen) atoms. The summed E-state index contributed by atoms with van der Waals surface area (Å²) in [7, 11) is 0. The van der Waals surface area contributed by atoms with Crippen LogP contribution in [0.4, 0.5) is 0 Å². The average Bonchev–Trinajstić information content (AvgIpc) is 3.76. The molecule has 1 aromatic heterocycles. The van der Waals surface area contributed by atoms with Gasteiger partial charge in [0.1, 0.15) is 0 Å². The van der Waals surface area contributed by atoms with Gasteiger partial charge in [0, 0.05) is 22.1 Å². The van der Waals surface area contributed by atoms with Crippen molar-refractivity contribution in [2.24, 2.45) is 0 Å². The van der Waals surface area contributed by atoms with Gasteiger partial charge in [0.2, 0.25) is 0 Å². The first kappa shape index (κ1) is 36.4. The van der Waals surface area contributed by atoms with Crippen molar-refractivity contribution in [3.63, 3.8) is 0 Å². The van der Waals surface area contributed by atoms with Crippen LogP contribution in [0, 0.1) is 13.8 Å². The van der Waals surface area contributed by atoms with Crippen molar-refractivity contribution in [1.82, 2.24) is 15.0 Å². The van der Waals surface area contributed by atoms with Crippen molar-refractivity contribution >= 4 is 21.5 Å². The molecule has 0 N–H and O–H groups in total. The van der Waals surface area contributed by atoms with Gasteiger partial charge in [0.15, 0.2) is 17.5 Å². The number of hydrogen-bond acceptors (Lipinski definition) is 3. The van der Waals surface area contributed by atoms with Crippen LogP contribution in [0.3, 0.4) is 0 Å². The number of nitrogens with zero attached hydrogens (tertiary/aromatic N) is 3. The Balaban J connectivity index is 1.09. The third-order valence-corrected chi connectivity index (χ3v) is 14.1. The Morgan fingerprint density at radius 3 is 1.35 bits per heavy atom. The molecular formula is C59H43N3. The third kappa shape index (κ3) is 5.15. The number of fused-ring (bicyclic) bond motifs is 9. The summed E-state index contributed by atoms with van der Waals surface area (Å²) in [5, 5.41) is 5.00. The summed E-state index contributed by atoms with van der Waals surface area (Å²) in [5.74, 6) is 1.96. The Morgan fingerprint density at radius 1 is 0.323 bits per heavy atom. The van der Waals surface area contributed by atoms with Gasteiger partial charge < -0.3 is 0 Å². The van der Waals surface area contributed by atoms with Crippen molar-refractivity contribution in [1.29, 1.82) is 0 Å². The molecule has 0 spiro atoms. The molecule has 0 unspecified atom stereocenters. The number of aryl methyl sites for hydroxylation is 2. The second kappa shape index (κ2) is 13.5. The summed E-state index contributed by atoms with van der Waals surface area (Å²) in [6.07, 6.45) is 0. The van der Waals surface area contributed by atoms with E-state index in [1.54, 1.807) is 0 Å². The number of aromatic nitrogens is 3. The maximum absolute atomic E-state index is 5.36. The van der Waals surface area contributed by atoms with Gasteiger partial charge in [-0.3, -0.25) is 0 Å². The fraction of sp³-hybridized carbons (Fsp3) is 0.102. The molecule has 0 atom stereocenters. The highest BCUT2D eigenvalue weighted by Gasteiger charge is 2.46. The summed E-state index contributed by atoms with van der Waals surface area (Å²) in [4.78, 5) is 16.1. The van der Waals surface area contributed by atoms with Crippen LogP contribution in [-0.4, -0.2) is 15.0 Å². The maximum Gasteiger partial charge on any atom is 0.164 e. The van der Waals surface area contributed by atoms with Crippen molar-refractivity contribution in [2.75, 3.05) is 0 Å². The second-order valence-corrected chi connectivity index (χ2v) is 17.6. The molecule has 3 heteroatoms. The van der Waals surface area contributed by atoms with Gasteiger partial charge in [0.25, 0.3) is 0 Å². The first-order chi connectivity index (χ1) is 30.3. The number of hydrogen-bond donors (Lipinski definition) is 0. The lowest BCUT2D eigenvalue weighted by Crippen LogP contribution is -2.28. The molecule has 0 fully saturated rings. The minimum atomic E-state index is -0.484. The molecular weight excluding hydrogens is 751 g/mol. The Kier molecular flexibility index (Phi) is 7.92. The molecule has 0 saturated heterocycles. The summed E-state index contributed by atoms with van der Waals surface area (Å²) < 4.78 is 0. The van der Waals surface area contributed by atoms with Gasteiger partial charge in [-0.1, -0.05) is 184 Å². The van der Waals surface area contributed by atoms with E-state index in [2.05, 4.69) is 216 Å². The monoisotopic (exact) mass is 793 g/mol. The molecule has 0 saturated carbocycles. The van der Waals surface area contributed by atoms with Gasteiger partial charge in [-0.2, -0.15) is 0 Å². The summed E-state index contributed by atoms with van der Waals surface area (Å²) >= 11 is 0. The SMILES string of the molecule is Cc1c(C)c2cc(-c3nc(-c4ccc5c(c4)-c4ccccc4C5(C)C)nc(-c4ccc5c(c4)-c4ccccc4C5(c4ccccc4)c4ccccc4)n3)ccc2c2ccccc12. The van der Waals surface area contributed by atoms with E-state index >= 15 is 0 Å². The average molecular weight is 794 g/mol. The first-order valence-corrected chi connectivity index (χ1v) is 21.6. The van der Waals surface area contributed by atoms with Crippen molar-refractivity contribution in [2.45, 2.75) is 38.5 Å². The normalized spacial score (nSPS) is 14.1. The topological polar surface area (TPSA) is 38.7 Å². The van der Waals surface area contributed by atoms with Crippen molar-refractivity contribution < 1.29 is 0 Å². The predicted octanol–water partition coefficient (Wildman–Crippen LogP) is 14.5. The minimum absolute atomic E-state index is 0.0967. The van der Waals surface area contributed by atoms with Gasteiger partial charge in [0.05, 0.1) is 5.41 Å². The Hall–Kier alpha value is -7.49. The smallest absolute Gasteiger partial charge is 0.164 e. The highest BCUT2D eigenvalue weighted by molar-refractivity contribution is 6.11. The van der Waals surface area contributed by atoms with E-state index < -0.39 is 5.41 Å². The van der Waals surface area contributed by atoms with Gasteiger partial charge >= 0.3 is 0 Å². The lowest BCUT2D eigenvalue weighted by atomic mass is 9.67. The molecule has 0 bridgehead atoms. The van der Waals surface area contributed by atoms with E-state index in [0.717, 1.165) is 16.7 Å². The molecule has 294 valence electrons. The van der Waals surface area contributed by atoms with E-state index in [0.29, 0.717) is 17.5 Å². The van der Waals surface area contributed by atoms with E-state index in [9.17, 15) is 0 Å². The van der Waals surface area contributed by atoms with E-state index in [4.69, 9.17) is 15.0 Å². The van der Waals surface area contributed by atoms with Crippen LogP contribution < -0.4 is 0 Å². The second-order valence-electron chi connectivity index (χ2n) is 17.6. The summed E-state index contributed by atoms with van der Waals surface area (Å²) in [6.45, 7) is 9.10. The number of benzene rings is 9. The van der Waals surface area contributed by atoms with Crippen LogP contribution in [0.25, 0.3) is 78.0 Å². The lowest BCUT2D eigenvalue weighted by Gasteiger charge is -2.33. The molecule has 0 radical (unpaired) electrons. The largest absolute Gasteiger partial charge is 0.208 e. The Bertz CT molecular complexity index is 3420. The molecule has 2 aliphatic carbocycles. The van der Waals surface area contributed by atoms with Crippen molar-refractivity contribution in [3.8, 4) is 56.4 Å². The molecule has 12 rings (SSSR count). The third-order valence-electron chi connectivity index (χ3n) is 14.1. The van der Waals surface area contributed by atoms with E-state index in [-0.39, 0.29) is 5.41 Å². The molecule has 10 aromatic rings. The standard InChI is InChI=1S/C59H43N3/c1-36-37(2)48-33-38(27-30-45(48)44-22-12-11-21-43(36)44)55-60-56(39-28-31-52-49(34-39)46-23-13-15-25-51(46)58(52,3)4)62-57(61-55)40-29-32-54-50(35-40)47-24-14-16-26-53(47)59(54,41-17-7-5-8-18-41)42-19-9-6-10-20-42/h5-35H,1-4H3. The zero-order chi connectivity index (χ0) is 41.7. The van der Waals surface area contributed by atoms with Gasteiger partial charge in [-0.05, 0) is 120 Å². The fourth-order valence-electron chi connectivity index (χ4n) is 10.9. The summed E-state index contributed by atoms with van der Waals surface area (Å²) in [6, 6.07) is 68.6. The fourth-order valence-corrected chi connectivity index (χ4v) is 10.9. The molecule has 2 aliphatic rings. The van der Waals surface area contributed by atoms with Crippen LogP contribution in [0.1, 0.15) is 58.4 Å². The molecule has 1 heterocycles. The Labute approximate surface area is 362 Å². The van der Waals surface area contributed by atoms with Crippen LogP contribution in [0.2, 0.25) is 0 Å². The molecule has 9 aromatic carbocycles. The van der Waals surface area contributed by atoms with E-state index in [1.807, 2.05) is 0 Å². The van der Waals surface area contributed by atoms with Crippen molar-refractivity contribution in [3.05, 3.63) is 233 Å². The van der Waals surface area contributed by atoms with Crippen LogP contribution in [-0.2, 0) is 10.8 Å². The van der Waals surface area contributed by atoms with Crippen LogP contribution in [0.15, 0.2) is 188 Å². The zero-order valence-corrected chi connectivity index (χ0v) is 35.2. The highest BCUT2D eigenvalue weighted by Crippen LogP contribution is 2.57. The minimum Gasteiger partial charge on any atom is -0.208 e. The van der Waals surface area contributed by atoms with E-state index in [1.165, 1.54) is 88.3 Å². The lowest BCUT2D eigenvalue weighted by molar-refractivity contribution is 0.660. The van der Waals surface area contributed by atoms with Crippen LogP contribution >= 0.6 is 0 Å². The highest BCUT2D eigenvalue weighted by atomic mass is 15.0. The molecule has 0 aliphatic heterocycles. The molecule has 0 amide bonds. The first-order valence-electron chi connectivity index (χ1n) is 21.6. The van der Waals surface area contributed by atoms with Gasteiger partial charge in [-0.25, -0.2) is 15.0 Å². The van der Waals surface area contributed by atoms with Crippen LogP contribution in [0.5, 0.6) is 0 Å². The van der Waals surface area contributed by atoms with Gasteiger partial charge in [-0.15, -0.1) is 0 Å². The predicted molar refractivity (Wildman–Crippen MR) is 255 cm³/mol. The molecule has 3 nitrogen and oxygen atoms in total. The number of rotatable bonds is 5. The maximum atomic E-state index is 5.36. The Morgan fingerprint density at radius 2 is 0.726 bits per heavy atom. The summed E-state index contributed by atoms with van der Waals surface area (Å²) in [5.41, 5.74) is 17.5. The zero-order valence-electron chi connectivity index (χ0n) is 35.2. The quantitative estimate of drug-likeness (QED) is 0.163.